The summed E-state index contributed by atoms with van der Waals surface area (Å²) in [4.78, 5) is 5.44. The second-order valence-corrected chi connectivity index (χ2v) is 16.4. The Morgan fingerprint density at radius 1 is 0.738 bits per heavy atom. The Kier molecular flexibility index (Phi) is 9.04. The molecule has 42 heavy (non-hydrogen) atoms. The van der Waals surface area contributed by atoms with Gasteiger partial charge in [-0.2, -0.15) is 0 Å². The van der Waals surface area contributed by atoms with Crippen LogP contribution in [-0.2, 0) is 23.7 Å². The van der Waals surface area contributed by atoms with Crippen LogP contribution < -0.4 is 19.4 Å². The molecular weight excluding hydrogens is 538 g/mol. The Balaban J connectivity index is 1.68. The Bertz CT molecular complexity index is 1470. The molecule has 0 saturated heterocycles. The van der Waals surface area contributed by atoms with Crippen molar-refractivity contribution in [3.63, 3.8) is 0 Å². The summed E-state index contributed by atoms with van der Waals surface area (Å²) in [5.41, 5.74) is 7.88. The predicted molar refractivity (Wildman–Crippen MR) is 172 cm³/mol. The lowest BCUT2D eigenvalue weighted by Gasteiger charge is -2.36. The molecule has 0 bridgehead atoms. The molecule has 6 heteroatoms. The third-order valence-electron chi connectivity index (χ3n) is 8.58. The highest BCUT2D eigenvalue weighted by molar-refractivity contribution is 6.90. The zero-order valence-electron chi connectivity index (χ0n) is 25.9. The fourth-order valence-electron chi connectivity index (χ4n) is 6.67. The molecule has 4 aromatic rings. The van der Waals surface area contributed by atoms with Crippen LogP contribution in [0.3, 0.4) is 0 Å². The summed E-state index contributed by atoms with van der Waals surface area (Å²) in [5, 5.41) is 1.41. The standard InChI is InChI=1S/C36H43NO4Si/c1-24(2)42(25(3)4)36-30(34(41-42)28-16-12-9-13-17-28)23-29(37-31(36)19-18-26-14-10-8-11-15-26)20-27-21-32(38-5)35(40-7)33(22-27)39-6/h8-17,21-25,34H,18-20H2,1-7H3/t34-/m0/s1. The van der Waals surface area contributed by atoms with Crippen LogP contribution in [-0.4, -0.2) is 34.6 Å². The Labute approximate surface area is 252 Å². The van der Waals surface area contributed by atoms with Crippen LogP contribution in [0.4, 0.5) is 0 Å². The zero-order valence-corrected chi connectivity index (χ0v) is 26.9. The molecule has 0 saturated carbocycles. The van der Waals surface area contributed by atoms with Gasteiger partial charge in [-0.1, -0.05) is 88.4 Å². The van der Waals surface area contributed by atoms with Crippen molar-refractivity contribution >= 4 is 13.5 Å². The molecule has 0 spiro atoms. The minimum atomic E-state index is -2.41. The maximum Gasteiger partial charge on any atom is 0.232 e. The number of benzene rings is 3. The molecule has 5 rings (SSSR count). The van der Waals surface area contributed by atoms with Gasteiger partial charge in [0.05, 0.1) is 27.4 Å². The van der Waals surface area contributed by atoms with Crippen molar-refractivity contribution in [1.82, 2.24) is 4.98 Å². The lowest BCUT2D eigenvalue weighted by Crippen LogP contribution is -2.54. The van der Waals surface area contributed by atoms with Gasteiger partial charge in [0.25, 0.3) is 0 Å². The number of hydrogen-bond donors (Lipinski definition) is 0. The largest absolute Gasteiger partial charge is 0.493 e. The van der Waals surface area contributed by atoms with E-state index in [4.69, 9.17) is 23.6 Å². The minimum Gasteiger partial charge on any atom is -0.493 e. The Morgan fingerprint density at radius 3 is 1.88 bits per heavy atom. The van der Waals surface area contributed by atoms with Gasteiger partial charge in [0, 0.05) is 17.8 Å². The van der Waals surface area contributed by atoms with Crippen LogP contribution in [0.2, 0.25) is 11.1 Å². The van der Waals surface area contributed by atoms with Crippen molar-refractivity contribution in [2.45, 2.75) is 64.1 Å². The number of rotatable bonds is 11. The fourth-order valence-corrected chi connectivity index (χ4v) is 11.8. The number of methoxy groups -OCH3 is 3. The van der Waals surface area contributed by atoms with Gasteiger partial charge in [-0.3, -0.25) is 4.98 Å². The summed E-state index contributed by atoms with van der Waals surface area (Å²) in [6.07, 6.45) is 2.34. The predicted octanol–water partition coefficient (Wildman–Crippen LogP) is 7.58. The third kappa shape index (κ3) is 5.58. The van der Waals surface area contributed by atoms with Crippen molar-refractivity contribution < 1.29 is 18.6 Å². The zero-order chi connectivity index (χ0) is 29.9. The van der Waals surface area contributed by atoms with Gasteiger partial charge < -0.3 is 18.6 Å². The van der Waals surface area contributed by atoms with Crippen molar-refractivity contribution in [3.05, 3.63) is 113 Å². The Hall–Kier alpha value is -3.61. The Morgan fingerprint density at radius 2 is 1.33 bits per heavy atom. The van der Waals surface area contributed by atoms with Gasteiger partial charge in [0.2, 0.25) is 14.1 Å². The van der Waals surface area contributed by atoms with E-state index >= 15 is 0 Å². The molecule has 0 amide bonds. The number of fused-ring (bicyclic) bond motifs is 1. The van der Waals surface area contributed by atoms with Crippen LogP contribution in [0.25, 0.3) is 0 Å². The normalized spacial score (nSPS) is 15.6. The third-order valence-corrected chi connectivity index (χ3v) is 14.0. The van der Waals surface area contributed by atoms with Crippen LogP contribution >= 0.6 is 0 Å². The van der Waals surface area contributed by atoms with E-state index in [9.17, 15) is 0 Å². The highest BCUT2D eigenvalue weighted by Gasteiger charge is 2.54. The number of nitrogens with zero attached hydrogens (tertiary/aromatic N) is 1. The van der Waals surface area contributed by atoms with Gasteiger partial charge in [0.15, 0.2) is 11.5 Å². The van der Waals surface area contributed by atoms with E-state index < -0.39 is 8.32 Å². The van der Waals surface area contributed by atoms with E-state index in [1.54, 1.807) is 21.3 Å². The van der Waals surface area contributed by atoms with Crippen molar-refractivity contribution in [2.24, 2.45) is 0 Å². The van der Waals surface area contributed by atoms with Crippen molar-refractivity contribution in [1.29, 1.82) is 0 Å². The van der Waals surface area contributed by atoms with Crippen LogP contribution in [0.15, 0.2) is 78.9 Å². The minimum absolute atomic E-state index is 0.102. The van der Waals surface area contributed by atoms with E-state index in [0.717, 1.165) is 24.1 Å². The molecule has 0 N–H and O–H groups in total. The average Bonchev–Trinajstić information content (AvgIpc) is 3.37. The molecule has 0 radical (unpaired) electrons. The molecule has 220 valence electrons. The molecule has 2 heterocycles. The average molecular weight is 582 g/mol. The molecule has 0 unspecified atom stereocenters. The van der Waals surface area contributed by atoms with Gasteiger partial charge in [-0.25, -0.2) is 0 Å². The molecule has 3 aromatic carbocycles. The number of ether oxygens (including phenoxy) is 3. The van der Waals surface area contributed by atoms with Crippen LogP contribution in [0.5, 0.6) is 17.2 Å². The smallest absolute Gasteiger partial charge is 0.232 e. The van der Waals surface area contributed by atoms with Gasteiger partial charge in [-0.15, -0.1) is 0 Å². The first-order valence-electron chi connectivity index (χ1n) is 14.9. The van der Waals surface area contributed by atoms with Gasteiger partial charge >= 0.3 is 0 Å². The van der Waals surface area contributed by atoms with E-state index in [-0.39, 0.29) is 6.10 Å². The molecule has 0 aliphatic carbocycles. The number of aryl methyl sites for hydroxylation is 2. The van der Waals surface area contributed by atoms with E-state index in [1.165, 1.54) is 27.6 Å². The maximum absolute atomic E-state index is 7.37. The SMILES string of the molecule is COc1cc(Cc2cc3c(c(CCc4ccccc4)n2)[Si](C(C)C)(C(C)C)O[C@H]3c2ccccc2)cc(OC)c1OC. The lowest BCUT2D eigenvalue weighted by atomic mass is 9.97. The first kappa shape index (κ1) is 29.9. The van der Waals surface area contributed by atoms with Gasteiger partial charge in [0.1, 0.15) is 0 Å². The second-order valence-electron chi connectivity index (χ2n) is 11.7. The topological polar surface area (TPSA) is 49.8 Å². The molecule has 1 atom stereocenters. The molecular formula is C36H43NO4Si. The monoisotopic (exact) mass is 581 g/mol. The summed E-state index contributed by atoms with van der Waals surface area (Å²) < 4.78 is 24.3. The first-order valence-corrected chi connectivity index (χ1v) is 17.0. The second kappa shape index (κ2) is 12.7. The number of pyridine rings is 1. The summed E-state index contributed by atoms with van der Waals surface area (Å²) in [7, 11) is 2.52. The van der Waals surface area contributed by atoms with E-state index in [1.807, 2.05) is 12.1 Å². The summed E-state index contributed by atoms with van der Waals surface area (Å²) in [6.45, 7) is 9.37. The number of aromatic nitrogens is 1. The van der Waals surface area contributed by atoms with Gasteiger partial charge in [-0.05, 0) is 69.6 Å². The quantitative estimate of drug-likeness (QED) is 0.171. The fraction of sp³-hybridized carbons (Fsp3) is 0.361. The summed E-state index contributed by atoms with van der Waals surface area (Å²) in [6, 6.07) is 27.8. The number of hydrogen-bond acceptors (Lipinski definition) is 5. The van der Waals surface area contributed by atoms with E-state index in [2.05, 4.69) is 94.4 Å². The highest BCUT2D eigenvalue weighted by atomic mass is 28.4. The molecule has 0 fully saturated rings. The highest BCUT2D eigenvalue weighted by Crippen LogP contribution is 2.47. The lowest BCUT2D eigenvalue weighted by molar-refractivity contribution is 0.243. The van der Waals surface area contributed by atoms with Crippen molar-refractivity contribution in [3.8, 4) is 17.2 Å². The summed E-state index contributed by atoms with van der Waals surface area (Å²) >= 11 is 0. The molecule has 1 aliphatic heterocycles. The van der Waals surface area contributed by atoms with Crippen LogP contribution in [0, 0.1) is 0 Å². The summed E-state index contributed by atoms with van der Waals surface area (Å²) in [5.74, 6) is 1.89. The maximum atomic E-state index is 7.37. The van der Waals surface area contributed by atoms with E-state index in [0.29, 0.717) is 34.8 Å². The first-order chi connectivity index (χ1) is 20.3. The molecule has 5 nitrogen and oxygen atoms in total. The van der Waals surface area contributed by atoms with Crippen molar-refractivity contribution in [2.75, 3.05) is 21.3 Å². The molecule has 1 aliphatic rings. The molecule has 1 aromatic heterocycles. The van der Waals surface area contributed by atoms with Crippen LogP contribution in [0.1, 0.15) is 67.4 Å².